The Labute approximate surface area is 94.0 Å². The van der Waals surface area contributed by atoms with Crippen molar-refractivity contribution in [2.75, 3.05) is 0 Å². The predicted molar refractivity (Wildman–Crippen MR) is 54.3 cm³/mol. The molecule has 6 heteroatoms. The van der Waals surface area contributed by atoms with Crippen LogP contribution in [0, 0.1) is 5.82 Å². The second-order valence-corrected chi connectivity index (χ2v) is 3.38. The topological polar surface area (TPSA) is 26.0 Å². The number of hydrogen-bond donors (Lipinski definition) is 1. The average molecular weight is 291 g/mol. The molecule has 0 aliphatic carbocycles. The molecule has 1 nitrogen and oxygen atoms in total. The molecule has 1 atom stereocenters. The highest BCUT2D eigenvalue weighted by molar-refractivity contribution is 9.10. The first kappa shape index (κ1) is 13.7. The van der Waals surface area contributed by atoms with Crippen molar-refractivity contribution in [2.45, 2.75) is 12.5 Å². The van der Waals surface area contributed by atoms with Crippen LogP contribution in [0.5, 0.6) is 0 Å². The van der Waals surface area contributed by atoms with E-state index in [1.807, 2.05) is 0 Å². The molecule has 0 aromatic heterocycles. The smallest absolute Gasteiger partial charge is 0.257 e. The Kier molecular flexibility index (Phi) is 5.48. The SMILES string of the molecule is Cl.N[C@@H](c1ccc(F)cc1Br)C(F)F. The number of nitrogens with two attached hydrogens (primary N) is 1. The number of hydrogen-bond acceptors (Lipinski definition) is 1. The average Bonchev–Trinajstić information content (AvgIpc) is 2.03. The van der Waals surface area contributed by atoms with E-state index in [-0.39, 0.29) is 22.4 Å². The second kappa shape index (κ2) is 5.58. The standard InChI is InChI=1S/C8H7BrF3N.ClH/c9-6-3-4(10)1-2-5(6)7(13)8(11)12;/h1-3,7-8H,13H2;1H/t7-;/m0./s1. The molecule has 80 valence electrons. The molecule has 0 saturated heterocycles. The largest absolute Gasteiger partial charge is 0.319 e. The van der Waals surface area contributed by atoms with Crippen LogP contribution in [0.3, 0.4) is 0 Å². The first-order valence-electron chi connectivity index (χ1n) is 3.51. The van der Waals surface area contributed by atoms with Crippen molar-refractivity contribution in [1.82, 2.24) is 0 Å². The minimum Gasteiger partial charge on any atom is -0.319 e. The van der Waals surface area contributed by atoms with Crippen LogP contribution in [0.2, 0.25) is 0 Å². The van der Waals surface area contributed by atoms with Gasteiger partial charge in [0.2, 0.25) is 0 Å². The first-order valence-corrected chi connectivity index (χ1v) is 4.30. The van der Waals surface area contributed by atoms with E-state index >= 15 is 0 Å². The summed E-state index contributed by atoms with van der Waals surface area (Å²) in [4.78, 5) is 0. The van der Waals surface area contributed by atoms with Crippen molar-refractivity contribution in [3.05, 3.63) is 34.1 Å². The zero-order valence-electron chi connectivity index (χ0n) is 6.88. The fourth-order valence-electron chi connectivity index (χ4n) is 0.908. The van der Waals surface area contributed by atoms with Crippen LogP contribution < -0.4 is 5.73 Å². The minimum atomic E-state index is -2.65. The zero-order valence-corrected chi connectivity index (χ0v) is 9.29. The van der Waals surface area contributed by atoms with Gasteiger partial charge in [0.05, 0.1) is 6.04 Å². The molecule has 0 aliphatic rings. The maximum atomic E-state index is 12.6. The van der Waals surface area contributed by atoms with Crippen LogP contribution in [-0.2, 0) is 0 Å². The molecule has 0 radical (unpaired) electrons. The summed E-state index contributed by atoms with van der Waals surface area (Å²) >= 11 is 2.96. The van der Waals surface area contributed by atoms with Crippen LogP contribution >= 0.6 is 28.3 Å². The van der Waals surface area contributed by atoms with E-state index in [9.17, 15) is 13.2 Å². The lowest BCUT2D eigenvalue weighted by atomic mass is 10.1. The Morgan fingerprint density at radius 1 is 1.29 bits per heavy atom. The molecule has 0 spiro atoms. The maximum Gasteiger partial charge on any atom is 0.257 e. The van der Waals surface area contributed by atoms with Gasteiger partial charge in [-0.05, 0) is 17.7 Å². The molecule has 0 saturated carbocycles. The van der Waals surface area contributed by atoms with Crippen LogP contribution in [0.4, 0.5) is 13.2 Å². The summed E-state index contributed by atoms with van der Waals surface area (Å²) in [7, 11) is 0. The molecular weight excluding hydrogens is 282 g/mol. The quantitative estimate of drug-likeness (QED) is 0.889. The van der Waals surface area contributed by atoms with Crippen molar-refractivity contribution < 1.29 is 13.2 Å². The highest BCUT2D eigenvalue weighted by Crippen LogP contribution is 2.26. The zero-order chi connectivity index (χ0) is 10.0. The lowest BCUT2D eigenvalue weighted by molar-refractivity contribution is 0.116. The normalized spacial score (nSPS) is 12.4. The summed E-state index contributed by atoms with van der Waals surface area (Å²) in [5.41, 5.74) is 5.39. The minimum absolute atomic E-state index is 0. The molecule has 14 heavy (non-hydrogen) atoms. The van der Waals surface area contributed by atoms with E-state index in [1.165, 1.54) is 6.07 Å². The molecule has 1 rings (SSSR count). The molecular formula is C8H8BrClF3N. The molecule has 1 aromatic rings. The third-order valence-electron chi connectivity index (χ3n) is 1.59. The lowest BCUT2D eigenvalue weighted by Gasteiger charge is -2.12. The van der Waals surface area contributed by atoms with Crippen molar-refractivity contribution in [3.63, 3.8) is 0 Å². The van der Waals surface area contributed by atoms with Crippen molar-refractivity contribution in [3.8, 4) is 0 Å². The molecule has 0 unspecified atom stereocenters. The first-order chi connectivity index (χ1) is 6.02. The van der Waals surface area contributed by atoms with Gasteiger partial charge in [0, 0.05) is 4.47 Å². The van der Waals surface area contributed by atoms with Gasteiger partial charge in [-0.25, -0.2) is 13.2 Å². The van der Waals surface area contributed by atoms with Crippen LogP contribution in [0.25, 0.3) is 0 Å². The summed E-state index contributed by atoms with van der Waals surface area (Å²) in [5.74, 6) is -0.489. The van der Waals surface area contributed by atoms with Gasteiger partial charge >= 0.3 is 0 Å². The molecule has 1 aromatic carbocycles. The third-order valence-corrected chi connectivity index (χ3v) is 2.28. The van der Waals surface area contributed by atoms with E-state index < -0.39 is 18.3 Å². The second-order valence-electron chi connectivity index (χ2n) is 2.53. The lowest BCUT2D eigenvalue weighted by Crippen LogP contribution is -2.19. The number of alkyl halides is 2. The third kappa shape index (κ3) is 3.15. The maximum absolute atomic E-state index is 12.6. The number of halogens is 5. The van der Waals surface area contributed by atoms with Gasteiger partial charge in [-0.15, -0.1) is 12.4 Å². The molecule has 0 amide bonds. The van der Waals surface area contributed by atoms with E-state index in [1.54, 1.807) is 0 Å². The Bertz CT molecular complexity index is 309. The Hall–Kier alpha value is -0.260. The summed E-state index contributed by atoms with van der Waals surface area (Å²) in [6, 6.07) is 2.07. The number of benzene rings is 1. The fourth-order valence-corrected chi connectivity index (χ4v) is 1.52. The van der Waals surface area contributed by atoms with Crippen molar-refractivity contribution in [1.29, 1.82) is 0 Å². The van der Waals surface area contributed by atoms with E-state index in [4.69, 9.17) is 5.73 Å². The molecule has 0 fully saturated rings. The van der Waals surface area contributed by atoms with Gasteiger partial charge in [0.1, 0.15) is 5.82 Å². The van der Waals surface area contributed by atoms with Gasteiger partial charge in [-0.1, -0.05) is 22.0 Å². The molecule has 0 heterocycles. The van der Waals surface area contributed by atoms with Gasteiger partial charge < -0.3 is 5.73 Å². The Morgan fingerprint density at radius 3 is 2.29 bits per heavy atom. The number of rotatable bonds is 2. The van der Waals surface area contributed by atoms with E-state index in [0.29, 0.717) is 0 Å². The predicted octanol–water partition coefficient (Wildman–Crippen LogP) is 3.27. The highest BCUT2D eigenvalue weighted by atomic mass is 79.9. The van der Waals surface area contributed by atoms with Gasteiger partial charge in [-0.2, -0.15) is 0 Å². The van der Waals surface area contributed by atoms with E-state index in [2.05, 4.69) is 15.9 Å². The van der Waals surface area contributed by atoms with Gasteiger partial charge in [-0.3, -0.25) is 0 Å². The molecule has 2 N–H and O–H groups in total. The molecule has 0 bridgehead atoms. The van der Waals surface area contributed by atoms with Crippen molar-refractivity contribution in [2.24, 2.45) is 5.73 Å². The summed E-state index contributed by atoms with van der Waals surface area (Å²) in [5, 5.41) is 0. The Balaban J connectivity index is 0.00000169. The van der Waals surface area contributed by atoms with Crippen LogP contribution in [0.15, 0.2) is 22.7 Å². The van der Waals surface area contributed by atoms with E-state index in [0.717, 1.165) is 12.1 Å². The van der Waals surface area contributed by atoms with Gasteiger partial charge in [0.25, 0.3) is 6.43 Å². The van der Waals surface area contributed by atoms with Crippen molar-refractivity contribution >= 4 is 28.3 Å². The highest BCUT2D eigenvalue weighted by Gasteiger charge is 2.19. The van der Waals surface area contributed by atoms with Crippen LogP contribution in [-0.4, -0.2) is 6.43 Å². The monoisotopic (exact) mass is 289 g/mol. The summed E-state index contributed by atoms with van der Waals surface area (Å²) in [6.07, 6.45) is -2.65. The van der Waals surface area contributed by atoms with Crippen LogP contribution in [0.1, 0.15) is 11.6 Å². The Morgan fingerprint density at radius 2 is 1.86 bits per heavy atom. The molecule has 0 aliphatic heterocycles. The summed E-state index contributed by atoms with van der Waals surface area (Å²) < 4.78 is 37.1. The summed E-state index contributed by atoms with van der Waals surface area (Å²) in [6.45, 7) is 0. The fraction of sp³-hybridized carbons (Fsp3) is 0.250. The van der Waals surface area contributed by atoms with Gasteiger partial charge in [0.15, 0.2) is 0 Å².